The number of urea groups is 1. The highest BCUT2D eigenvalue weighted by Gasteiger charge is 2.19. The SMILES string of the molecule is CCCCN(C(=O)NC(=O)C(C)Cl)c1ccccc1. The molecule has 1 aromatic carbocycles. The average molecular weight is 283 g/mol. The molecule has 0 bridgehead atoms. The van der Waals surface area contributed by atoms with E-state index in [-0.39, 0.29) is 0 Å². The molecule has 0 spiro atoms. The van der Waals surface area contributed by atoms with E-state index in [0.717, 1.165) is 18.5 Å². The summed E-state index contributed by atoms with van der Waals surface area (Å²) in [6, 6.07) is 8.83. The average Bonchev–Trinajstić information content (AvgIpc) is 2.40. The van der Waals surface area contributed by atoms with Crippen LogP contribution >= 0.6 is 11.6 Å². The topological polar surface area (TPSA) is 49.4 Å². The minimum atomic E-state index is -0.729. The van der Waals surface area contributed by atoms with Gasteiger partial charge in [-0.25, -0.2) is 4.79 Å². The number of benzene rings is 1. The van der Waals surface area contributed by atoms with Crippen molar-refractivity contribution in [2.45, 2.75) is 32.1 Å². The maximum Gasteiger partial charge on any atom is 0.328 e. The molecule has 4 nitrogen and oxygen atoms in total. The van der Waals surface area contributed by atoms with Crippen LogP contribution in [0.2, 0.25) is 0 Å². The summed E-state index contributed by atoms with van der Waals surface area (Å²) < 4.78 is 0. The molecule has 3 amide bonds. The summed E-state index contributed by atoms with van der Waals surface area (Å²) in [6.45, 7) is 4.15. The van der Waals surface area contributed by atoms with Gasteiger partial charge >= 0.3 is 6.03 Å². The van der Waals surface area contributed by atoms with Crippen molar-refractivity contribution >= 4 is 29.2 Å². The highest BCUT2D eigenvalue weighted by molar-refractivity contribution is 6.31. The van der Waals surface area contributed by atoms with E-state index in [9.17, 15) is 9.59 Å². The number of amides is 3. The smallest absolute Gasteiger partial charge is 0.294 e. The number of para-hydroxylation sites is 1. The number of nitrogens with one attached hydrogen (secondary N) is 1. The van der Waals surface area contributed by atoms with Gasteiger partial charge in [-0.2, -0.15) is 0 Å². The molecule has 0 saturated heterocycles. The lowest BCUT2D eigenvalue weighted by Crippen LogP contribution is -2.45. The molecular formula is C14H19ClN2O2. The first-order valence-electron chi connectivity index (χ1n) is 6.37. The Balaban J connectivity index is 2.79. The van der Waals surface area contributed by atoms with Crippen LogP contribution in [0.5, 0.6) is 0 Å². The van der Waals surface area contributed by atoms with Crippen molar-refractivity contribution in [3.63, 3.8) is 0 Å². The van der Waals surface area contributed by atoms with Crippen LogP contribution in [-0.2, 0) is 4.79 Å². The Morgan fingerprint density at radius 2 is 1.95 bits per heavy atom. The van der Waals surface area contributed by atoms with Crippen molar-refractivity contribution in [2.75, 3.05) is 11.4 Å². The molecule has 0 radical (unpaired) electrons. The first-order chi connectivity index (χ1) is 9.06. The lowest BCUT2D eigenvalue weighted by molar-refractivity contribution is -0.119. The standard InChI is InChI=1S/C14H19ClN2O2/c1-3-4-10-17(12-8-6-5-7-9-12)14(19)16-13(18)11(2)15/h5-9,11H,3-4,10H2,1-2H3,(H,16,18,19). The Kier molecular flexibility index (Phi) is 6.36. The molecule has 0 fully saturated rings. The van der Waals surface area contributed by atoms with Gasteiger partial charge in [0.05, 0.1) is 0 Å². The van der Waals surface area contributed by atoms with Crippen molar-refractivity contribution in [3.05, 3.63) is 30.3 Å². The maximum absolute atomic E-state index is 12.1. The summed E-state index contributed by atoms with van der Waals surface area (Å²) in [5, 5.41) is 1.57. The van der Waals surface area contributed by atoms with Crippen LogP contribution in [0.3, 0.4) is 0 Å². The minimum absolute atomic E-state index is 0.433. The van der Waals surface area contributed by atoms with E-state index < -0.39 is 17.3 Å². The van der Waals surface area contributed by atoms with E-state index in [0.29, 0.717) is 6.54 Å². The first kappa shape index (κ1) is 15.5. The van der Waals surface area contributed by atoms with Gasteiger partial charge in [-0.3, -0.25) is 15.0 Å². The summed E-state index contributed by atoms with van der Waals surface area (Å²) in [6.07, 6.45) is 1.84. The predicted octanol–water partition coefficient (Wildman–Crippen LogP) is 3.16. The summed E-state index contributed by atoms with van der Waals surface area (Å²) in [5.74, 6) is -0.482. The molecule has 19 heavy (non-hydrogen) atoms. The fourth-order valence-corrected chi connectivity index (χ4v) is 1.60. The maximum atomic E-state index is 12.1. The molecule has 5 heteroatoms. The summed E-state index contributed by atoms with van der Waals surface area (Å²) in [5.41, 5.74) is 0.767. The van der Waals surface area contributed by atoms with Crippen LogP contribution in [0.25, 0.3) is 0 Å². The van der Waals surface area contributed by atoms with Crippen molar-refractivity contribution in [3.8, 4) is 0 Å². The van der Waals surface area contributed by atoms with E-state index in [1.54, 1.807) is 4.90 Å². The number of nitrogens with zero attached hydrogens (tertiary/aromatic N) is 1. The summed E-state index contributed by atoms with van der Waals surface area (Å²) in [7, 11) is 0. The van der Waals surface area contributed by atoms with Crippen molar-refractivity contribution < 1.29 is 9.59 Å². The second kappa shape index (κ2) is 7.79. The van der Waals surface area contributed by atoms with Crippen LogP contribution < -0.4 is 10.2 Å². The monoisotopic (exact) mass is 282 g/mol. The molecular weight excluding hydrogens is 264 g/mol. The highest BCUT2D eigenvalue weighted by Crippen LogP contribution is 2.14. The minimum Gasteiger partial charge on any atom is -0.294 e. The summed E-state index contributed by atoms with van der Waals surface area (Å²) in [4.78, 5) is 25.1. The van der Waals surface area contributed by atoms with Crippen LogP contribution in [-0.4, -0.2) is 23.9 Å². The molecule has 0 aromatic heterocycles. The van der Waals surface area contributed by atoms with Crippen LogP contribution in [0.1, 0.15) is 26.7 Å². The van der Waals surface area contributed by atoms with E-state index in [4.69, 9.17) is 11.6 Å². The van der Waals surface area contributed by atoms with Crippen molar-refractivity contribution in [1.82, 2.24) is 5.32 Å². The zero-order valence-corrected chi connectivity index (χ0v) is 12.0. The second-order valence-electron chi connectivity index (χ2n) is 4.25. The summed E-state index contributed by atoms with van der Waals surface area (Å²) >= 11 is 5.64. The number of carbonyl (C=O) groups excluding carboxylic acids is 2. The Hall–Kier alpha value is -1.55. The zero-order valence-electron chi connectivity index (χ0n) is 11.2. The number of hydrogen-bond donors (Lipinski definition) is 1. The van der Waals surface area contributed by atoms with Gasteiger partial charge in [0, 0.05) is 12.2 Å². The molecule has 1 N–H and O–H groups in total. The van der Waals surface area contributed by atoms with Gasteiger partial charge < -0.3 is 0 Å². The zero-order chi connectivity index (χ0) is 14.3. The van der Waals surface area contributed by atoms with E-state index in [2.05, 4.69) is 5.32 Å². The molecule has 1 unspecified atom stereocenters. The molecule has 0 aliphatic heterocycles. The third-order valence-corrected chi connectivity index (χ3v) is 2.84. The normalized spacial score (nSPS) is 11.7. The number of unbranched alkanes of at least 4 members (excludes halogenated alkanes) is 1. The number of anilines is 1. The lowest BCUT2D eigenvalue weighted by Gasteiger charge is -2.22. The molecule has 104 valence electrons. The molecule has 0 aliphatic rings. The number of hydrogen-bond acceptors (Lipinski definition) is 2. The Morgan fingerprint density at radius 1 is 1.32 bits per heavy atom. The number of carbonyl (C=O) groups is 2. The number of halogens is 1. The molecule has 0 saturated carbocycles. The van der Waals surface area contributed by atoms with E-state index >= 15 is 0 Å². The highest BCUT2D eigenvalue weighted by atomic mass is 35.5. The van der Waals surface area contributed by atoms with Crippen LogP contribution in [0.15, 0.2) is 30.3 Å². The fourth-order valence-electron chi connectivity index (χ4n) is 1.54. The molecule has 1 aromatic rings. The van der Waals surface area contributed by atoms with Crippen molar-refractivity contribution in [2.24, 2.45) is 0 Å². The fraction of sp³-hybridized carbons (Fsp3) is 0.429. The second-order valence-corrected chi connectivity index (χ2v) is 4.91. The predicted molar refractivity (Wildman–Crippen MR) is 77.5 cm³/mol. The van der Waals surface area contributed by atoms with Crippen LogP contribution in [0, 0.1) is 0 Å². The number of rotatable bonds is 5. The Bertz CT molecular complexity index is 421. The van der Waals surface area contributed by atoms with Gasteiger partial charge in [0.1, 0.15) is 5.38 Å². The Morgan fingerprint density at radius 3 is 2.47 bits per heavy atom. The molecule has 1 rings (SSSR count). The lowest BCUT2D eigenvalue weighted by atomic mass is 10.2. The molecule has 1 atom stereocenters. The molecule has 0 aliphatic carbocycles. The Labute approximate surface area is 118 Å². The third kappa shape index (κ3) is 4.91. The van der Waals surface area contributed by atoms with Crippen molar-refractivity contribution in [1.29, 1.82) is 0 Å². The van der Waals surface area contributed by atoms with E-state index in [1.165, 1.54) is 6.92 Å². The van der Waals surface area contributed by atoms with Crippen LogP contribution in [0.4, 0.5) is 10.5 Å². The van der Waals surface area contributed by atoms with Gasteiger partial charge in [0.15, 0.2) is 0 Å². The number of alkyl halides is 1. The number of imide groups is 1. The van der Waals surface area contributed by atoms with E-state index in [1.807, 2.05) is 37.3 Å². The van der Waals surface area contributed by atoms with Gasteiger partial charge in [-0.1, -0.05) is 31.5 Å². The third-order valence-electron chi connectivity index (χ3n) is 2.64. The van der Waals surface area contributed by atoms with Gasteiger partial charge in [-0.05, 0) is 25.5 Å². The van der Waals surface area contributed by atoms with Gasteiger partial charge in [0.25, 0.3) is 0 Å². The largest absolute Gasteiger partial charge is 0.328 e. The quantitative estimate of drug-likeness (QED) is 0.844. The molecule has 0 heterocycles. The first-order valence-corrected chi connectivity index (χ1v) is 6.81. The van der Waals surface area contributed by atoms with Gasteiger partial charge in [-0.15, -0.1) is 11.6 Å². The van der Waals surface area contributed by atoms with Gasteiger partial charge in [0.2, 0.25) is 5.91 Å².